The van der Waals surface area contributed by atoms with Crippen LogP contribution in [-0.2, 0) is 4.79 Å². The van der Waals surface area contributed by atoms with Crippen molar-refractivity contribution in [3.63, 3.8) is 0 Å². The Morgan fingerprint density at radius 1 is 1.00 bits per heavy atom. The number of methoxy groups -OCH3 is 2. The number of halogens is 1. The van der Waals surface area contributed by atoms with Gasteiger partial charge in [-0.25, -0.2) is 4.79 Å². The molecular weight excluding hydrogens is 395 g/mol. The molecule has 2 aromatic rings. The first-order chi connectivity index (χ1) is 10.6. The van der Waals surface area contributed by atoms with Crippen LogP contribution >= 0.6 is 22.6 Å². The van der Waals surface area contributed by atoms with Crippen molar-refractivity contribution in [1.29, 1.82) is 0 Å². The van der Waals surface area contributed by atoms with Gasteiger partial charge in [-0.1, -0.05) is 6.07 Å². The number of ether oxygens (including phenoxy) is 3. The van der Waals surface area contributed by atoms with E-state index in [0.717, 1.165) is 9.13 Å². The molecule has 0 aliphatic heterocycles. The lowest BCUT2D eigenvalue weighted by atomic mass is 10.2. The van der Waals surface area contributed by atoms with Crippen LogP contribution in [0.5, 0.6) is 17.2 Å². The normalized spacial score (nSPS) is 10.5. The fourth-order valence-corrected chi connectivity index (χ4v) is 2.29. The van der Waals surface area contributed by atoms with Gasteiger partial charge in [0, 0.05) is 15.7 Å². The van der Waals surface area contributed by atoms with Crippen molar-refractivity contribution in [2.45, 2.75) is 0 Å². The number of carbonyl (C=O) groups is 1. The molecule has 4 nitrogen and oxygen atoms in total. The van der Waals surface area contributed by atoms with Crippen molar-refractivity contribution < 1.29 is 19.0 Å². The fourth-order valence-electron chi connectivity index (χ4n) is 1.77. The van der Waals surface area contributed by atoms with Crippen LogP contribution in [0, 0.1) is 3.57 Å². The third kappa shape index (κ3) is 4.77. The van der Waals surface area contributed by atoms with Crippen LogP contribution in [0.2, 0.25) is 0 Å². The molecule has 0 spiro atoms. The van der Waals surface area contributed by atoms with Crippen molar-refractivity contribution in [2.75, 3.05) is 14.2 Å². The quantitative estimate of drug-likeness (QED) is 0.325. The first-order valence-electron chi connectivity index (χ1n) is 6.49. The number of rotatable bonds is 5. The molecule has 0 N–H and O–H groups in total. The van der Waals surface area contributed by atoms with Gasteiger partial charge in [0.05, 0.1) is 14.2 Å². The molecule has 0 heterocycles. The molecule has 2 aromatic carbocycles. The van der Waals surface area contributed by atoms with E-state index < -0.39 is 5.97 Å². The van der Waals surface area contributed by atoms with Gasteiger partial charge in [0.1, 0.15) is 17.2 Å². The van der Waals surface area contributed by atoms with Crippen LogP contribution in [0.1, 0.15) is 5.56 Å². The molecule has 114 valence electrons. The summed E-state index contributed by atoms with van der Waals surface area (Å²) in [6.45, 7) is 0. The van der Waals surface area contributed by atoms with Crippen molar-refractivity contribution in [2.24, 2.45) is 0 Å². The summed E-state index contributed by atoms with van der Waals surface area (Å²) in [5.74, 6) is 1.39. The fraction of sp³-hybridized carbons (Fsp3) is 0.118. The van der Waals surface area contributed by atoms with E-state index in [9.17, 15) is 4.79 Å². The summed E-state index contributed by atoms with van der Waals surface area (Å²) in [7, 11) is 3.15. The molecule has 0 radical (unpaired) electrons. The smallest absolute Gasteiger partial charge is 0.336 e. The van der Waals surface area contributed by atoms with E-state index in [1.165, 1.54) is 6.08 Å². The molecule has 5 heteroatoms. The summed E-state index contributed by atoms with van der Waals surface area (Å²) in [6.07, 6.45) is 3.02. The van der Waals surface area contributed by atoms with Gasteiger partial charge < -0.3 is 14.2 Å². The SMILES string of the molecule is COc1cc(/C=C/C(=O)Oc2cccc(I)c2)cc(OC)c1. The second kappa shape index (κ2) is 7.84. The summed E-state index contributed by atoms with van der Waals surface area (Å²) in [5.41, 5.74) is 0.788. The highest BCUT2D eigenvalue weighted by atomic mass is 127. The lowest BCUT2D eigenvalue weighted by molar-refractivity contribution is -0.128. The van der Waals surface area contributed by atoms with Gasteiger partial charge in [-0.15, -0.1) is 0 Å². The van der Waals surface area contributed by atoms with Gasteiger partial charge in [-0.05, 0) is 64.6 Å². The van der Waals surface area contributed by atoms with Crippen molar-refractivity contribution >= 4 is 34.6 Å². The Morgan fingerprint density at radius 3 is 2.27 bits per heavy atom. The van der Waals surface area contributed by atoms with Gasteiger partial charge in [0.2, 0.25) is 0 Å². The highest BCUT2D eigenvalue weighted by Gasteiger charge is 2.03. The Hall–Kier alpha value is -2.02. The minimum Gasteiger partial charge on any atom is -0.497 e. The predicted octanol–water partition coefficient (Wildman–Crippen LogP) is 3.93. The van der Waals surface area contributed by atoms with Gasteiger partial charge in [0.25, 0.3) is 0 Å². The van der Waals surface area contributed by atoms with Gasteiger partial charge in [-0.3, -0.25) is 0 Å². The number of esters is 1. The monoisotopic (exact) mass is 410 g/mol. The molecule has 0 amide bonds. The Morgan fingerprint density at radius 2 is 1.68 bits per heavy atom. The van der Waals surface area contributed by atoms with E-state index in [1.54, 1.807) is 50.6 Å². The van der Waals surface area contributed by atoms with Crippen molar-refractivity contribution in [1.82, 2.24) is 0 Å². The van der Waals surface area contributed by atoms with Crippen molar-refractivity contribution in [3.05, 3.63) is 57.7 Å². The highest BCUT2D eigenvalue weighted by Crippen LogP contribution is 2.23. The Bertz CT molecular complexity index is 673. The molecule has 0 saturated heterocycles. The average molecular weight is 410 g/mol. The highest BCUT2D eigenvalue weighted by molar-refractivity contribution is 14.1. The predicted molar refractivity (Wildman–Crippen MR) is 93.4 cm³/mol. The Labute approximate surface area is 142 Å². The largest absolute Gasteiger partial charge is 0.497 e. The summed E-state index contributed by atoms with van der Waals surface area (Å²) < 4.78 is 16.6. The second-order valence-electron chi connectivity index (χ2n) is 4.36. The molecule has 0 fully saturated rings. The Balaban J connectivity index is 2.09. The summed E-state index contributed by atoms with van der Waals surface area (Å²) >= 11 is 2.16. The zero-order chi connectivity index (χ0) is 15.9. The number of hydrogen-bond donors (Lipinski definition) is 0. The van der Waals surface area contributed by atoms with Gasteiger partial charge in [0.15, 0.2) is 0 Å². The van der Waals surface area contributed by atoms with E-state index in [0.29, 0.717) is 17.2 Å². The molecule has 0 aliphatic rings. The number of carbonyl (C=O) groups excluding carboxylic acids is 1. The maximum atomic E-state index is 11.8. The minimum atomic E-state index is -0.441. The maximum Gasteiger partial charge on any atom is 0.336 e. The first kappa shape index (κ1) is 16.4. The summed E-state index contributed by atoms with van der Waals surface area (Å²) in [4.78, 5) is 11.8. The van der Waals surface area contributed by atoms with Crippen LogP contribution < -0.4 is 14.2 Å². The molecule has 0 saturated carbocycles. The summed E-state index contributed by atoms with van der Waals surface area (Å²) in [5, 5.41) is 0. The third-order valence-corrected chi connectivity index (χ3v) is 3.47. The van der Waals surface area contributed by atoms with Gasteiger partial charge >= 0.3 is 5.97 Å². The zero-order valence-corrected chi connectivity index (χ0v) is 14.4. The molecule has 0 aliphatic carbocycles. The topological polar surface area (TPSA) is 44.8 Å². The van der Waals surface area contributed by atoms with Crippen LogP contribution in [-0.4, -0.2) is 20.2 Å². The summed E-state index contributed by atoms with van der Waals surface area (Å²) in [6, 6.07) is 12.7. The number of benzene rings is 2. The molecule has 0 atom stereocenters. The molecule has 0 unspecified atom stereocenters. The number of hydrogen-bond acceptors (Lipinski definition) is 4. The molecular formula is C17H15IO4. The third-order valence-electron chi connectivity index (χ3n) is 2.80. The Kier molecular flexibility index (Phi) is 5.83. The molecule has 2 rings (SSSR count). The van der Waals surface area contributed by atoms with E-state index in [1.807, 2.05) is 12.1 Å². The molecule has 0 aromatic heterocycles. The minimum absolute atomic E-state index is 0.441. The average Bonchev–Trinajstić information content (AvgIpc) is 2.52. The maximum absolute atomic E-state index is 11.8. The second-order valence-corrected chi connectivity index (χ2v) is 5.60. The standard InChI is InChI=1S/C17H15IO4/c1-20-15-8-12(9-16(11-15)21-2)6-7-17(19)22-14-5-3-4-13(18)10-14/h3-11H,1-2H3/b7-6+. The van der Waals surface area contributed by atoms with E-state index in [-0.39, 0.29) is 0 Å². The lowest BCUT2D eigenvalue weighted by Gasteiger charge is -2.06. The van der Waals surface area contributed by atoms with E-state index >= 15 is 0 Å². The first-order valence-corrected chi connectivity index (χ1v) is 7.57. The van der Waals surface area contributed by atoms with Gasteiger partial charge in [-0.2, -0.15) is 0 Å². The van der Waals surface area contributed by atoms with Crippen LogP contribution in [0.4, 0.5) is 0 Å². The van der Waals surface area contributed by atoms with Crippen LogP contribution in [0.15, 0.2) is 48.5 Å². The zero-order valence-electron chi connectivity index (χ0n) is 12.2. The molecule has 22 heavy (non-hydrogen) atoms. The van der Waals surface area contributed by atoms with Crippen LogP contribution in [0.3, 0.4) is 0 Å². The van der Waals surface area contributed by atoms with E-state index in [4.69, 9.17) is 14.2 Å². The van der Waals surface area contributed by atoms with Crippen LogP contribution in [0.25, 0.3) is 6.08 Å². The molecule has 0 bridgehead atoms. The lowest BCUT2D eigenvalue weighted by Crippen LogP contribution is -2.03. The van der Waals surface area contributed by atoms with Crippen molar-refractivity contribution in [3.8, 4) is 17.2 Å². The van der Waals surface area contributed by atoms with E-state index in [2.05, 4.69) is 22.6 Å².